The molecule has 3 rings (SSSR count). The zero-order valence-corrected chi connectivity index (χ0v) is 15.0. The van der Waals surface area contributed by atoms with Gasteiger partial charge in [0.05, 0.1) is 23.9 Å². The van der Waals surface area contributed by atoms with E-state index < -0.39 is 12.4 Å². The molecule has 1 aromatic carbocycles. The molecule has 0 bridgehead atoms. The normalized spacial score (nSPS) is 11.3. The van der Waals surface area contributed by atoms with Crippen molar-refractivity contribution in [1.29, 1.82) is 0 Å². The van der Waals surface area contributed by atoms with Crippen LogP contribution in [0.15, 0.2) is 34.8 Å². The van der Waals surface area contributed by atoms with Gasteiger partial charge in [-0.3, -0.25) is 4.79 Å². The van der Waals surface area contributed by atoms with Crippen LogP contribution in [-0.4, -0.2) is 27.8 Å². The molecule has 0 saturated carbocycles. The summed E-state index contributed by atoms with van der Waals surface area (Å²) in [6, 6.07) is 8.54. The third-order valence-corrected chi connectivity index (χ3v) is 4.32. The van der Waals surface area contributed by atoms with Crippen LogP contribution in [0.3, 0.4) is 0 Å². The number of alkyl halides is 2. The molecule has 0 aliphatic rings. The van der Waals surface area contributed by atoms with Gasteiger partial charge in [-0.05, 0) is 25.1 Å². The van der Waals surface area contributed by atoms with Crippen molar-refractivity contribution >= 4 is 32.9 Å². The van der Waals surface area contributed by atoms with E-state index in [1.165, 1.54) is 17.9 Å². The van der Waals surface area contributed by atoms with Crippen LogP contribution in [0, 0.1) is 6.92 Å². The molecule has 0 aliphatic carbocycles. The Hall–Kier alpha value is -2.35. The summed E-state index contributed by atoms with van der Waals surface area (Å²) in [5.41, 5.74) is 1.55. The number of nitrogens with zero attached hydrogens (tertiary/aromatic N) is 3. The summed E-state index contributed by atoms with van der Waals surface area (Å²) >= 11 is 3.34. The Morgan fingerprint density at radius 3 is 2.60 bits per heavy atom. The number of carbonyl (C=O) groups is 1. The monoisotopic (exact) mass is 409 g/mol. The smallest absolute Gasteiger partial charge is 0.327 e. The van der Waals surface area contributed by atoms with E-state index in [2.05, 4.69) is 30.7 Å². The van der Waals surface area contributed by atoms with Gasteiger partial charge in [0.2, 0.25) is 0 Å². The second kappa shape index (κ2) is 6.87. The molecule has 2 aromatic heterocycles. The first kappa shape index (κ1) is 17.5. The van der Waals surface area contributed by atoms with Gasteiger partial charge in [0.25, 0.3) is 6.43 Å². The van der Waals surface area contributed by atoms with Gasteiger partial charge < -0.3 is 4.74 Å². The first-order valence-electron chi connectivity index (χ1n) is 7.39. The van der Waals surface area contributed by atoms with E-state index in [0.29, 0.717) is 17.0 Å². The molecule has 0 radical (unpaired) electrons. The topological polar surface area (TPSA) is 57.0 Å². The predicted molar refractivity (Wildman–Crippen MR) is 92.4 cm³/mol. The first-order chi connectivity index (χ1) is 11.9. The molecule has 130 valence electrons. The summed E-state index contributed by atoms with van der Waals surface area (Å²) in [6.07, 6.45) is -2.69. The van der Waals surface area contributed by atoms with Gasteiger partial charge >= 0.3 is 5.97 Å². The van der Waals surface area contributed by atoms with E-state index in [0.717, 1.165) is 4.47 Å². The first-order valence-corrected chi connectivity index (χ1v) is 8.19. The van der Waals surface area contributed by atoms with Crippen molar-refractivity contribution in [2.75, 3.05) is 7.11 Å². The van der Waals surface area contributed by atoms with Crippen LogP contribution in [-0.2, 0) is 16.1 Å². The van der Waals surface area contributed by atoms with Gasteiger partial charge in [-0.2, -0.15) is 5.10 Å². The molecule has 5 nitrogen and oxygen atoms in total. The molecule has 3 aromatic rings. The number of hydrogen-bond donors (Lipinski definition) is 0. The van der Waals surface area contributed by atoms with Crippen LogP contribution >= 0.6 is 15.9 Å². The Balaban J connectivity index is 2.24. The molecular weight excluding hydrogens is 396 g/mol. The minimum absolute atomic E-state index is 0.156. The fraction of sp³-hybridized carbons (Fsp3) is 0.235. The number of benzene rings is 1. The Morgan fingerprint density at radius 2 is 2.00 bits per heavy atom. The summed E-state index contributed by atoms with van der Waals surface area (Å²) in [7, 11) is 1.26. The summed E-state index contributed by atoms with van der Waals surface area (Å²) < 4.78 is 34.0. The summed E-state index contributed by atoms with van der Waals surface area (Å²) in [4.78, 5) is 16.1. The Labute approximate surface area is 150 Å². The van der Waals surface area contributed by atoms with Crippen molar-refractivity contribution in [3.63, 3.8) is 0 Å². The molecule has 0 N–H and O–H groups in total. The number of fused-ring (bicyclic) bond motifs is 1. The van der Waals surface area contributed by atoms with Crippen molar-refractivity contribution in [3.8, 4) is 11.3 Å². The maximum atomic E-state index is 13.6. The minimum Gasteiger partial charge on any atom is -0.468 e. The number of aromatic nitrogens is 3. The molecule has 0 spiro atoms. The van der Waals surface area contributed by atoms with Crippen molar-refractivity contribution in [1.82, 2.24) is 14.8 Å². The van der Waals surface area contributed by atoms with Crippen molar-refractivity contribution in [2.24, 2.45) is 0 Å². The van der Waals surface area contributed by atoms with Crippen molar-refractivity contribution in [3.05, 3.63) is 46.1 Å². The quantitative estimate of drug-likeness (QED) is 0.603. The zero-order valence-electron chi connectivity index (χ0n) is 13.5. The van der Waals surface area contributed by atoms with Crippen LogP contribution in [0.4, 0.5) is 8.78 Å². The number of hydrogen-bond acceptors (Lipinski definition) is 4. The fourth-order valence-corrected chi connectivity index (χ4v) is 2.89. The van der Waals surface area contributed by atoms with Gasteiger partial charge in [0.15, 0.2) is 5.65 Å². The van der Waals surface area contributed by atoms with Gasteiger partial charge in [-0.25, -0.2) is 18.4 Å². The second-order valence-electron chi connectivity index (χ2n) is 5.42. The number of esters is 1. The number of pyridine rings is 1. The molecule has 0 amide bonds. The lowest BCUT2D eigenvalue weighted by Gasteiger charge is -2.08. The summed E-state index contributed by atoms with van der Waals surface area (Å²) in [5, 5.41) is 4.45. The van der Waals surface area contributed by atoms with Gasteiger partial charge in [-0.1, -0.05) is 28.1 Å². The largest absolute Gasteiger partial charge is 0.468 e. The van der Waals surface area contributed by atoms with Crippen LogP contribution in [0.1, 0.15) is 17.7 Å². The molecule has 2 heterocycles. The van der Waals surface area contributed by atoms with E-state index in [1.807, 2.05) is 0 Å². The second-order valence-corrected chi connectivity index (χ2v) is 6.34. The standard InChI is InChI=1S/C17H14BrF2N3O2/c1-9-15-12(16(19)20)7-13(10-3-5-11(18)6-4-10)21-17(15)23(22-9)8-14(24)25-2/h3-7,16H,8H2,1-2H3. The predicted octanol–water partition coefficient (Wildman–Crippen LogP) is 4.28. The third kappa shape index (κ3) is 3.39. The third-order valence-electron chi connectivity index (χ3n) is 3.79. The number of halogens is 3. The average molecular weight is 410 g/mol. The Morgan fingerprint density at radius 1 is 1.32 bits per heavy atom. The van der Waals surface area contributed by atoms with Crippen LogP contribution in [0.25, 0.3) is 22.3 Å². The van der Waals surface area contributed by atoms with Gasteiger partial charge in [0, 0.05) is 15.6 Å². The molecular formula is C17H14BrF2N3O2. The molecule has 0 fully saturated rings. The van der Waals surface area contributed by atoms with E-state index >= 15 is 0 Å². The minimum atomic E-state index is -2.69. The molecule has 0 atom stereocenters. The Bertz CT molecular complexity index is 939. The number of carbonyl (C=O) groups excluding carboxylic acids is 1. The number of methoxy groups -OCH3 is 1. The SMILES string of the molecule is COC(=O)Cn1nc(C)c2c(C(F)F)cc(-c3ccc(Br)cc3)nc21. The highest BCUT2D eigenvalue weighted by atomic mass is 79.9. The van der Waals surface area contributed by atoms with Crippen molar-refractivity contribution in [2.45, 2.75) is 19.9 Å². The van der Waals surface area contributed by atoms with E-state index in [-0.39, 0.29) is 23.1 Å². The fourth-order valence-electron chi connectivity index (χ4n) is 2.62. The molecule has 0 aliphatic heterocycles. The lowest BCUT2D eigenvalue weighted by molar-refractivity contribution is -0.141. The van der Waals surface area contributed by atoms with E-state index in [1.54, 1.807) is 31.2 Å². The summed E-state index contributed by atoms with van der Waals surface area (Å²) in [6.45, 7) is 1.42. The summed E-state index contributed by atoms with van der Waals surface area (Å²) in [5.74, 6) is -0.529. The highest BCUT2D eigenvalue weighted by Gasteiger charge is 2.22. The lowest BCUT2D eigenvalue weighted by Crippen LogP contribution is -2.13. The maximum absolute atomic E-state index is 13.6. The maximum Gasteiger partial charge on any atom is 0.327 e. The van der Waals surface area contributed by atoms with Gasteiger partial charge in [0.1, 0.15) is 6.54 Å². The van der Waals surface area contributed by atoms with Crippen LogP contribution < -0.4 is 0 Å². The van der Waals surface area contributed by atoms with Crippen LogP contribution in [0.5, 0.6) is 0 Å². The van der Waals surface area contributed by atoms with Gasteiger partial charge in [-0.15, -0.1) is 0 Å². The number of rotatable bonds is 4. The van der Waals surface area contributed by atoms with Crippen molar-refractivity contribution < 1.29 is 18.3 Å². The van der Waals surface area contributed by atoms with E-state index in [9.17, 15) is 13.6 Å². The zero-order chi connectivity index (χ0) is 18.1. The Kier molecular flexibility index (Phi) is 4.80. The number of ether oxygens (including phenoxy) is 1. The van der Waals surface area contributed by atoms with E-state index in [4.69, 9.17) is 0 Å². The highest BCUT2D eigenvalue weighted by molar-refractivity contribution is 9.10. The van der Waals surface area contributed by atoms with Crippen LogP contribution in [0.2, 0.25) is 0 Å². The molecule has 8 heteroatoms. The molecule has 0 unspecified atom stereocenters. The average Bonchev–Trinajstić information content (AvgIpc) is 2.90. The number of aryl methyl sites for hydroxylation is 1. The molecule has 0 saturated heterocycles. The highest BCUT2D eigenvalue weighted by Crippen LogP contribution is 2.33. The molecule has 25 heavy (non-hydrogen) atoms. The lowest BCUT2D eigenvalue weighted by atomic mass is 10.1.